The van der Waals surface area contributed by atoms with Gasteiger partial charge in [-0.3, -0.25) is 14.3 Å². The molecule has 0 radical (unpaired) electrons. The Kier molecular flexibility index (Phi) is 3.61. The van der Waals surface area contributed by atoms with Gasteiger partial charge in [-0.05, 0) is 0 Å². The zero-order valence-electron chi connectivity index (χ0n) is 9.37. The van der Waals surface area contributed by atoms with Gasteiger partial charge in [-0.2, -0.15) is 0 Å². The van der Waals surface area contributed by atoms with Crippen molar-refractivity contribution in [3.63, 3.8) is 0 Å². The van der Waals surface area contributed by atoms with Crippen LogP contribution in [0.1, 0.15) is 17.4 Å². The predicted octanol–water partition coefficient (Wildman–Crippen LogP) is -1.12. The average molecular weight is 268 g/mol. The van der Waals surface area contributed by atoms with E-state index in [2.05, 4.69) is 10.9 Å². The largest absolute Gasteiger partial charge is 0.395 e. The Balaban J connectivity index is 2.39. The van der Waals surface area contributed by atoms with Crippen LogP contribution >= 0.6 is 11.8 Å². The van der Waals surface area contributed by atoms with Crippen molar-refractivity contribution in [1.82, 2.24) is 9.55 Å². The van der Waals surface area contributed by atoms with Crippen molar-refractivity contribution in [3.05, 3.63) is 32.6 Å². The van der Waals surface area contributed by atoms with Crippen molar-refractivity contribution in [2.75, 3.05) is 6.61 Å². The number of rotatable bonds is 2. The molecule has 0 bridgehead atoms. The van der Waals surface area contributed by atoms with Gasteiger partial charge in [0.15, 0.2) is 0 Å². The highest BCUT2D eigenvalue weighted by atomic mass is 32.2. The lowest BCUT2D eigenvalue weighted by molar-refractivity contribution is 0.137. The quantitative estimate of drug-likeness (QED) is 0.590. The molecule has 2 rings (SSSR count). The van der Waals surface area contributed by atoms with E-state index < -0.39 is 17.4 Å². The second kappa shape index (κ2) is 5.02. The minimum atomic E-state index is -0.682. The molecular weight excluding hydrogens is 256 g/mol. The maximum atomic E-state index is 11.7. The smallest absolute Gasteiger partial charge is 0.329 e. The van der Waals surface area contributed by atoms with Gasteiger partial charge in [-0.25, -0.2) is 4.79 Å². The molecule has 18 heavy (non-hydrogen) atoms. The number of nitrogens with zero attached hydrogens (tertiary/aromatic N) is 1. The fourth-order valence-electron chi connectivity index (χ4n) is 1.85. The molecule has 96 valence electrons. The minimum Gasteiger partial charge on any atom is -0.395 e. The van der Waals surface area contributed by atoms with Crippen LogP contribution in [0.15, 0.2) is 15.8 Å². The Morgan fingerprint density at radius 1 is 1.61 bits per heavy atom. The van der Waals surface area contributed by atoms with E-state index in [1.165, 1.54) is 22.5 Å². The highest BCUT2D eigenvalue weighted by Gasteiger charge is 2.34. The number of aliphatic hydroxyl groups is 2. The molecule has 1 unspecified atom stereocenters. The van der Waals surface area contributed by atoms with E-state index in [9.17, 15) is 14.7 Å². The molecule has 0 aliphatic carbocycles. The summed E-state index contributed by atoms with van der Waals surface area (Å²) in [5, 5.41) is 18.1. The van der Waals surface area contributed by atoms with E-state index in [0.29, 0.717) is 6.42 Å². The molecule has 6 nitrogen and oxygen atoms in total. The lowest BCUT2D eigenvalue weighted by Gasteiger charge is -2.12. The van der Waals surface area contributed by atoms with Crippen LogP contribution in [0.4, 0.5) is 0 Å². The number of nitrogens with one attached hydrogen (secondary N) is 1. The van der Waals surface area contributed by atoms with Gasteiger partial charge in [0.25, 0.3) is 5.56 Å². The number of aliphatic hydroxyl groups excluding tert-OH is 2. The van der Waals surface area contributed by atoms with Gasteiger partial charge < -0.3 is 10.2 Å². The van der Waals surface area contributed by atoms with E-state index in [-0.39, 0.29) is 22.8 Å². The van der Waals surface area contributed by atoms with E-state index in [1.807, 2.05) is 0 Å². The summed E-state index contributed by atoms with van der Waals surface area (Å²) < 4.78 is 1.29. The summed E-state index contributed by atoms with van der Waals surface area (Å²) in [5.74, 6) is 2.20. The maximum Gasteiger partial charge on any atom is 0.329 e. The van der Waals surface area contributed by atoms with Crippen molar-refractivity contribution >= 4 is 11.8 Å². The van der Waals surface area contributed by atoms with Gasteiger partial charge in [0.1, 0.15) is 5.56 Å². The fraction of sp³-hybridized carbons (Fsp3) is 0.455. The molecule has 0 aromatic carbocycles. The first-order valence-electron chi connectivity index (χ1n) is 5.33. The van der Waals surface area contributed by atoms with Gasteiger partial charge in [-0.15, -0.1) is 18.2 Å². The second-order valence-corrected chi connectivity index (χ2v) is 5.39. The summed E-state index contributed by atoms with van der Waals surface area (Å²) in [5.41, 5.74) is -1.10. The van der Waals surface area contributed by atoms with E-state index in [0.717, 1.165) is 0 Å². The normalized spacial score (nSPS) is 27.1. The first-order chi connectivity index (χ1) is 8.56. The summed E-state index contributed by atoms with van der Waals surface area (Å²) in [7, 11) is 0. The zero-order chi connectivity index (χ0) is 13.3. The summed E-state index contributed by atoms with van der Waals surface area (Å²) in [4.78, 5) is 25.1. The van der Waals surface area contributed by atoms with Crippen LogP contribution in [0.2, 0.25) is 0 Å². The lowest BCUT2D eigenvalue weighted by atomic mass is 10.2. The zero-order valence-corrected chi connectivity index (χ0v) is 10.2. The van der Waals surface area contributed by atoms with Gasteiger partial charge in [0, 0.05) is 12.6 Å². The fourth-order valence-corrected chi connectivity index (χ4v) is 3.23. The third kappa shape index (κ3) is 2.22. The third-order valence-electron chi connectivity index (χ3n) is 2.82. The van der Waals surface area contributed by atoms with Gasteiger partial charge >= 0.3 is 5.69 Å². The number of hydrogen-bond acceptors (Lipinski definition) is 5. The number of aromatic amines is 1. The molecule has 1 aromatic rings. The van der Waals surface area contributed by atoms with Crippen LogP contribution in [0.25, 0.3) is 0 Å². The molecule has 1 aromatic heterocycles. The highest BCUT2D eigenvalue weighted by molar-refractivity contribution is 8.00. The first-order valence-corrected chi connectivity index (χ1v) is 6.27. The summed E-state index contributed by atoms with van der Waals surface area (Å²) in [6.45, 7) is -0.164. The molecule has 7 heteroatoms. The Labute approximate surface area is 107 Å². The Morgan fingerprint density at radius 3 is 2.89 bits per heavy atom. The van der Waals surface area contributed by atoms with Gasteiger partial charge in [-0.1, -0.05) is 5.92 Å². The van der Waals surface area contributed by atoms with Crippen molar-refractivity contribution in [1.29, 1.82) is 0 Å². The van der Waals surface area contributed by atoms with E-state index >= 15 is 0 Å². The third-order valence-corrected chi connectivity index (χ3v) is 4.36. The lowest BCUT2D eigenvalue weighted by Crippen LogP contribution is -2.32. The standard InChI is InChI=1S/C11H12N2O4S/c1-2-6-4-13(11(17)12-10(6)16)9-3-7(15)8(5-14)18-9/h1,4,7-9,14-15H,3,5H2,(H,12,16,17)/t7?,8-,9+/m0/s1. The van der Waals surface area contributed by atoms with E-state index in [1.54, 1.807) is 0 Å². The minimum absolute atomic E-state index is 0.0668. The van der Waals surface area contributed by atoms with Crippen LogP contribution in [0.3, 0.4) is 0 Å². The molecule has 3 atom stereocenters. The van der Waals surface area contributed by atoms with Crippen molar-refractivity contribution < 1.29 is 10.2 Å². The number of aromatic nitrogens is 2. The van der Waals surface area contributed by atoms with Crippen molar-refractivity contribution in [3.8, 4) is 12.3 Å². The highest BCUT2D eigenvalue weighted by Crippen LogP contribution is 2.40. The monoisotopic (exact) mass is 268 g/mol. The first kappa shape index (κ1) is 13.0. The van der Waals surface area contributed by atoms with Crippen molar-refractivity contribution in [2.45, 2.75) is 23.1 Å². The molecule has 0 saturated carbocycles. The van der Waals surface area contributed by atoms with Crippen molar-refractivity contribution in [2.24, 2.45) is 0 Å². The van der Waals surface area contributed by atoms with Gasteiger partial charge in [0.05, 0.1) is 23.3 Å². The molecule has 1 saturated heterocycles. The van der Waals surface area contributed by atoms with Crippen LogP contribution in [0.5, 0.6) is 0 Å². The number of thioether (sulfide) groups is 1. The summed E-state index contributed by atoms with van der Waals surface area (Å²) in [6, 6.07) is 0. The molecule has 1 fully saturated rings. The maximum absolute atomic E-state index is 11.7. The van der Waals surface area contributed by atoms with Crippen LogP contribution in [-0.2, 0) is 0 Å². The summed E-state index contributed by atoms with van der Waals surface area (Å²) in [6.07, 6.45) is 6.12. The molecule has 1 aliphatic rings. The van der Waals surface area contributed by atoms with E-state index in [4.69, 9.17) is 11.5 Å². The Hall–Kier alpha value is -1.49. The average Bonchev–Trinajstić information content (AvgIpc) is 2.70. The topological polar surface area (TPSA) is 95.3 Å². The van der Waals surface area contributed by atoms with Crippen LogP contribution < -0.4 is 11.2 Å². The molecule has 0 amide bonds. The predicted molar refractivity (Wildman–Crippen MR) is 67.4 cm³/mol. The molecule has 3 N–H and O–H groups in total. The number of terminal acetylenes is 1. The molecule has 2 heterocycles. The molecular formula is C11H12N2O4S. The number of H-pyrrole nitrogens is 1. The number of hydrogen-bond donors (Lipinski definition) is 3. The molecule has 1 aliphatic heterocycles. The Morgan fingerprint density at radius 2 is 2.33 bits per heavy atom. The van der Waals surface area contributed by atoms with Crippen LogP contribution in [-0.4, -0.2) is 37.7 Å². The van der Waals surface area contributed by atoms with Gasteiger partial charge in [0.2, 0.25) is 0 Å². The van der Waals surface area contributed by atoms with Crippen LogP contribution in [0, 0.1) is 12.3 Å². The Bertz CT molecular complexity index is 600. The summed E-state index contributed by atoms with van der Waals surface area (Å²) >= 11 is 1.28. The second-order valence-electron chi connectivity index (χ2n) is 3.97. The SMILES string of the molecule is C#Cc1cn([C@H]2CC(O)[C@H](CO)S2)c(=O)[nH]c1=O. The molecule has 0 spiro atoms.